The van der Waals surface area contributed by atoms with Crippen molar-refractivity contribution >= 4 is 11.7 Å². The van der Waals surface area contributed by atoms with Crippen LogP contribution in [0.2, 0.25) is 0 Å². The fourth-order valence-electron chi connectivity index (χ4n) is 2.38. The minimum Gasteiger partial charge on any atom is -0.335 e. The van der Waals surface area contributed by atoms with E-state index in [9.17, 15) is 18.4 Å². The molecule has 1 heterocycles. The van der Waals surface area contributed by atoms with Gasteiger partial charge < -0.3 is 4.90 Å². The maximum absolute atomic E-state index is 13.5. The molecule has 1 amide bonds. The molecule has 1 saturated heterocycles. The third kappa shape index (κ3) is 3.03. The third-order valence-corrected chi connectivity index (χ3v) is 3.75. The number of rotatable bonds is 4. The molecule has 1 aliphatic heterocycles. The summed E-state index contributed by atoms with van der Waals surface area (Å²) in [5, 5.41) is 0. The van der Waals surface area contributed by atoms with Gasteiger partial charge in [0.2, 0.25) is 5.91 Å². The number of Topliss-reactive ketones (excluding diaryl/α,β-unsaturated/α-hetero) is 1. The van der Waals surface area contributed by atoms with Crippen LogP contribution in [0.25, 0.3) is 0 Å². The van der Waals surface area contributed by atoms with E-state index in [-0.39, 0.29) is 23.9 Å². The first-order valence-corrected chi connectivity index (χ1v) is 6.64. The molecule has 1 atom stereocenters. The van der Waals surface area contributed by atoms with Crippen LogP contribution in [0.5, 0.6) is 0 Å². The van der Waals surface area contributed by atoms with Crippen LogP contribution in [0.3, 0.4) is 0 Å². The van der Waals surface area contributed by atoms with Crippen molar-refractivity contribution < 1.29 is 18.4 Å². The molecular weight excluding hydrogens is 264 g/mol. The number of halogens is 2. The second-order valence-electron chi connectivity index (χ2n) is 5.53. The fourth-order valence-corrected chi connectivity index (χ4v) is 2.38. The van der Waals surface area contributed by atoms with Crippen LogP contribution in [-0.2, 0) is 4.79 Å². The molecule has 0 radical (unpaired) electrons. The lowest BCUT2D eigenvalue weighted by Gasteiger charge is -2.17. The van der Waals surface area contributed by atoms with E-state index in [0.29, 0.717) is 24.9 Å². The molecule has 0 spiro atoms. The van der Waals surface area contributed by atoms with Crippen molar-refractivity contribution in [2.24, 2.45) is 11.8 Å². The topological polar surface area (TPSA) is 37.4 Å². The lowest BCUT2D eigenvalue weighted by molar-refractivity contribution is -0.127. The van der Waals surface area contributed by atoms with Gasteiger partial charge in [0.1, 0.15) is 11.6 Å². The number of hydrogen-bond donors (Lipinski definition) is 0. The number of likely N-dealkylation sites (tertiary alicyclic amines) is 1. The Kier molecular flexibility index (Phi) is 4.16. The zero-order chi connectivity index (χ0) is 14.9. The minimum absolute atomic E-state index is 0.0837. The molecule has 0 aromatic heterocycles. The summed E-state index contributed by atoms with van der Waals surface area (Å²) in [7, 11) is 0. The molecule has 1 aliphatic rings. The Morgan fingerprint density at radius 1 is 1.40 bits per heavy atom. The predicted molar refractivity (Wildman–Crippen MR) is 70.2 cm³/mol. The molecule has 3 nitrogen and oxygen atoms in total. The maximum Gasteiger partial charge on any atom is 0.223 e. The van der Waals surface area contributed by atoms with Crippen molar-refractivity contribution in [3.63, 3.8) is 0 Å². The molecule has 108 valence electrons. The molecular formula is C15H17F2NO2. The van der Waals surface area contributed by atoms with Gasteiger partial charge in [-0.05, 0) is 24.0 Å². The van der Waals surface area contributed by atoms with Gasteiger partial charge in [-0.3, -0.25) is 9.59 Å². The van der Waals surface area contributed by atoms with Gasteiger partial charge in [0, 0.05) is 19.0 Å². The summed E-state index contributed by atoms with van der Waals surface area (Å²) in [4.78, 5) is 25.3. The van der Waals surface area contributed by atoms with Crippen molar-refractivity contribution in [3.05, 3.63) is 35.4 Å². The highest BCUT2D eigenvalue weighted by Crippen LogP contribution is 2.25. The molecule has 1 aromatic rings. The van der Waals surface area contributed by atoms with Gasteiger partial charge in [-0.1, -0.05) is 13.8 Å². The Balaban J connectivity index is 2.07. The zero-order valence-corrected chi connectivity index (χ0v) is 11.5. The zero-order valence-electron chi connectivity index (χ0n) is 11.5. The van der Waals surface area contributed by atoms with Crippen molar-refractivity contribution in [1.82, 2.24) is 4.90 Å². The van der Waals surface area contributed by atoms with Crippen molar-refractivity contribution in [2.45, 2.75) is 20.3 Å². The van der Waals surface area contributed by atoms with Crippen LogP contribution in [0.1, 0.15) is 30.6 Å². The van der Waals surface area contributed by atoms with Gasteiger partial charge in [-0.25, -0.2) is 8.78 Å². The quantitative estimate of drug-likeness (QED) is 0.796. The third-order valence-electron chi connectivity index (χ3n) is 3.75. The first kappa shape index (κ1) is 14.6. The van der Waals surface area contributed by atoms with E-state index in [2.05, 4.69) is 0 Å². The Bertz CT molecular complexity index is 543. The van der Waals surface area contributed by atoms with Gasteiger partial charge in [-0.15, -0.1) is 0 Å². The summed E-state index contributed by atoms with van der Waals surface area (Å²) in [5.41, 5.74) is -0.174. The monoisotopic (exact) mass is 281 g/mol. The highest BCUT2D eigenvalue weighted by Gasteiger charge is 2.32. The first-order chi connectivity index (χ1) is 9.38. The summed E-state index contributed by atoms with van der Waals surface area (Å²) in [6.45, 7) is 4.43. The summed E-state index contributed by atoms with van der Waals surface area (Å²) in [6, 6.07) is 2.84. The molecule has 0 bridgehead atoms. The van der Waals surface area contributed by atoms with Gasteiger partial charge >= 0.3 is 0 Å². The summed E-state index contributed by atoms with van der Waals surface area (Å²) >= 11 is 0. The molecule has 20 heavy (non-hydrogen) atoms. The van der Waals surface area contributed by atoms with Crippen LogP contribution in [0, 0.1) is 23.5 Å². The first-order valence-electron chi connectivity index (χ1n) is 6.64. The summed E-state index contributed by atoms with van der Waals surface area (Å²) in [5.74, 6) is -1.60. The SMILES string of the molecule is CC(C)C1CC(=O)N(CC(=O)c2ccc(F)cc2F)C1. The maximum atomic E-state index is 13.5. The molecule has 5 heteroatoms. The van der Waals surface area contributed by atoms with Crippen LogP contribution < -0.4 is 0 Å². The van der Waals surface area contributed by atoms with Gasteiger partial charge in [0.25, 0.3) is 0 Å². The smallest absolute Gasteiger partial charge is 0.223 e. The number of ketones is 1. The van der Waals surface area contributed by atoms with Gasteiger partial charge in [-0.2, -0.15) is 0 Å². The Morgan fingerprint density at radius 2 is 2.10 bits per heavy atom. The van der Waals surface area contributed by atoms with Crippen LogP contribution >= 0.6 is 0 Å². The molecule has 0 saturated carbocycles. The highest BCUT2D eigenvalue weighted by atomic mass is 19.1. The Hall–Kier alpha value is -1.78. The molecule has 0 aliphatic carbocycles. The summed E-state index contributed by atoms with van der Waals surface area (Å²) in [6.07, 6.45) is 0.427. The number of amides is 1. The van der Waals surface area contributed by atoms with Crippen LogP contribution in [-0.4, -0.2) is 29.7 Å². The highest BCUT2D eigenvalue weighted by molar-refractivity contribution is 5.99. The van der Waals surface area contributed by atoms with E-state index in [4.69, 9.17) is 0 Å². The second kappa shape index (κ2) is 5.69. The van der Waals surface area contributed by atoms with E-state index < -0.39 is 17.4 Å². The molecule has 2 rings (SSSR count). The lowest BCUT2D eigenvalue weighted by atomic mass is 9.95. The summed E-state index contributed by atoms with van der Waals surface area (Å²) < 4.78 is 26.3. The lowest BCUT2D eigenvalue weighted by Crippen LogP contribution is -2.32. The molecule has 1 unspecified atom stereocenters. The Labute approximate surface area is 116 Å². The molecule has 1 fully saturated rings. The number of hydrogen-bond acceptors (Lipinski definition) is 2. The fraction of sp³-hybridized carbons (Fsp3) is 0.467. The van der Waals surface area contributed by atoms with E-state index in [0.717, 1.165) is 12.1 Å². The standard InChI is InChI=1S/C15H17F2NO2/c1-9(2)10-5-15(20)18(7-10)8-14(19)12-4-3-11(16)6-13(12)17/h3-4,6,9-10H,5,7-8H2,1-2H3. The van der Waals surface area contributed by atoms with Crippen molar-refractivity contribution in [1.29, 1.82) is 0 Å². The second-order valence-corrected chi connectivity index (χ2v) is 5.53. The molecule has 1 aromatic carbocycles. The number of benzene rings is 1. The van der Waals surface area contributed by atoms with Crippen LogP contribution in [0.15, 0.2) is 18.2 Å². The van der Waals surface area contributed by atoms with Crippen molar-refractivity contribution in [2.75, 3.05) is 13.1 Å². The predicted octanol–water partition coefficient (Wildman–Crippen LogP) is 2.65. The largest absolute Gasteiger partial charge is 0.335 e. The molecule has 0 N–H and O–H groups in total. The van der Waals surface area contributed by atoms with Gasteiger partial charge in [0.15, 0.2) is 5.78 Å². The van der Waals surface area contributed by atoms with E-state index in [1.165, 1.54) is 4.90 Å². The van der Waals surface area contributed by atoms with E-state index in [1.807, 2.05) is 13.8 Å². The Morgan fingerprint density at radius 3 is 2.65 bits per heavy atom. The number of carbonyl (C=O) groups excluding carboxylic acids is 2. The van der Waals surface area contributed by atoms with Gasteiger partial charge in [0.05, 0.1) is 12.1 Å². The average Bonchev–Trinajstić information content (AvgIpc) is 2.71. The van der Waals surface area contributed by atoms with Crippen LogP contribution in [0.4, 0.5) is 8.78 Å². The number of nitrogens with zero attached hydrogens (tertiary/aromatic N) is 1. The number of carbonyl (C=O) groups is 2. The normalized spacial score (nSPS) is 18.9. The van der Waals surface area contributed by atoms with E-state index >= 15 is 0 Å². The van der Waals surface area contributed by atoms with Crippen molar-refractivity contribution in [3.8, 4) is 0 Å². The minimum atomic E-state index is -0.887. The average molecular weight is 281 g/mol. The van der Waals surface area contributed by atoms with E-state index in [1.54, 1.807) is 0 Å².